The minimum absolute atomic E-state index is 0.436. The fourth-order valence-electron chi connectivity index (χ4n) is 1.76. The molecule has 2 heteroatoms. The van der Waals surface area contributed by atoms with E-state index < -0.39 is 6.10 Å². The van der Waals surface area contributed by atoms with Crippen LogP contribution < -0.4 is 4.74 Å². The molecular formula is C16H16O2. The van der Waals surface area contributed by atoms with Crippen molar-refractivity contribution in [3.8, 4) is 5.75 Å². The fourth-order valence-corrected chi connectivity index (χ4v) is 1.76. The number of aliphatic hydroxyl groups is 1. The maximum atomic E-state index is 9.83. The highest BCUT2D eigenvalue weighted by atomic mass is 16.5. The lowest BCUT2D eigenvalue weighted by Crippen LogP contribution is -2.03. The zero-order valence-corrected chi connectivity index (χ0v) is 10.1. The Morgan fingerprint density at radius 3 is 2.44 bits per heavy atom. The first-order chi connectivity index (χ1) is 8.81. The third kappa shape index (κ3) is 2.99. The van der Waals surface area contributed by atoms with E-state index in [0.717, 1.165) is 16.9 Å². The number of benzene rings is 2. The number of para-hydroxylation sites is 1. The van der Waals surface area contributed by atoms with Crippen LogP contribution in [-0.4, -0.2) is 5.11 Å². The Balaban J connectivity index is 2.12. The van der Waals surface area contributed by atoms with Crippen LogP contribution >= 0.6 is 0 Å². The van der Waals surface area contributed by atoms with Crippen LogP contribution in [-0.2, 0) is 6.61 Å². The molecule has 2 aromatic rings. The Morgan fingerprint density at radius 1 is 1.06 bits per heavy atom. The maximum absolute atomic E-state index is 9.83. The molecule has 0 bridgehead atoms. The molecule has 2 aromatic carbocycles. The van der Waals surface area contributed by atoms with Crippen LogP contribution in [0.1, 0.15) is 17.2 Å². The van der Waals surface area contributed by atoms with Gasteiger partial charge in [-0.1, -0.05) is 48.5 Å². The van der Waals surface area contributed by atoms with Crippen LogP contribution in [0.4, 0.5) is 0 Å². The average Bonchev–Trinajstić information content (AvgIpc) is 2.45. The monoisotopic (exact) mass is 240 g/mol. The molecule has 1 unspecified atom stereocenters. The van der Waals surface area contributed by atoms with E-state index in [4.69, 9.17) is 4.74 Å². The third-order valence-electron chi connectivity index (χ3n) is 2.73. The van der Waals surface area contributed by atoms with E-state index >= 15 is 0 Å². The van der Waals surface area contributed by atoms with Gasteiger partial charge in [0, 0.05) is 0 Å². The first kappa shape index (κ1) is 12.4. The van der Waals surface area contributed by atoms with Crippen molar-refractivity contribution in [3.05, 3.63) is 78.4 Å². The van der Waals surface area contributed by atoms with Gasteiger partial charge in [0.15, 0.2) is 0 Å². The third-order valence-corrected chi connectivity index (χ3v) is 2.73. The molecule has 0 saturated heterocycles. The van der Waals surface area contributed by atoms with Gasteiger partial charge in [-0.15, -0.1) is 6.58 Å². The summed E-state index contributed by atoms with van der Waals surface area (Å²) in [6.45, 7) is 4.04. The van der Waals surface area contributed by atoms with E-state index in [-0.39, 0.29) is 0 Å². The average molecular weight is 240 g/mol. The van der Waals surface area contributed by atoms with Gasteiger partial charge in [-0.05, 0) is 23.3 Å². The van der Waals surface area contributed by atoms with Gasteiger partial charge in [-0.25, -0.2) is 0 Å². The standard InChI is InChI=1S/C16H16O2/c1-2-16(17)15-11-7-6-8-13(15)12-18-14-9-4-3-5-10-14/h2-11,16-17H,1,12H2. The van der Waals surface area contributed by atoms with Gasteiger partial charge in [-0.3, -0.25) is 0 Å². The number of hydrogen-bond donors (Lipinski definition) is 1. The molecule has 0 spiro atoms. The predicted molar refractivity (Wildman–Crippen MR) is 72.4 cm³/mol. The Hall–Kier alpha value is -2.06. The van der Waals surface area contributed by atoms with Crippen molar-refractivity contribution in [2.45, 2.75) is 12.7 Å². The predicted octanol–water partition coefficient (Wildman–Crippen LogP) is 3.49. The van der Waals surface area contributed by atoms with Crippen LogP contribution in [0.5, 0.6) is 5.75 Å². The highest BCUT2D eigenvalue weighted by Crippen LogP contribution is 2.20. The molecule has 0 heterocycles. The molecule has 92 valence electrons. The minimum atomic E-state index is -0.652. The van der Waals surface area contributed by atoms with Gasteiger partial charge < -0.3 is 9.84 Å². The van der Waals surface area contributed by atoms with Crippen LogP contribution in [0.2, 0.25) is 0 Å². The van der Waals surface area contributed by atoms with Gasteiger partial charge >= 0.3 is 0 Å². The Labute approximate surface area is 107 Å². The van der Waals surface area contributed by atoms with Crippen LogP contribution in [0.3, 0.4) is 0 Å². The van der Waals surface area contributed by atoms with Crippen LogP contribution in [0.15, 0.2) is 67.3 Å². The lowest BCUT2D eigenvalue weighted by Gasteiger charge is -2.13. The quantitative estimate of drug-likeness (QED) is 0.811. The second-order valence-corrected chi connectivity index (χ2v) is 3.98. The fraction of sp³-hybridized carbons (Fsp3) is 0.125. The number of hydrogen-bond acceptors (Lipinski definition) is 2. The smallest absolute Gasteiger partial charge is 0.119 e. The van der Waals surface area contributed by atoms with Crippen molar-refractivity contribution in [1.29, 1.82) is 0 Å². The zero-order valence-electron chi connectivity index (χ0n) is 10.1. The summed E-state index contributed by atoms with van der Waals surface area (Å²) in [6.07, 6.45) is 0.863. The van der Waals surface area contributed by atoms with Crippen molar-refractivity contribution in [1.82, 2.24) is 0 Å². The summed E-state index contributed by atoms with van der Waals surface area (Å²) in [7, 11) is 0. The van der Waals surface area contributed by atoms with E-state index in [1.165, 1.54) is 6.08 Å². The van der Waals surface area contributed by atoms with Crippen molar-refractivity contribution in [3.63, 3.8) is 0 Å². The van der Waals surface area contributed by atoms with E-state index in [9.17, 15) is 5.11 Å². The number of aliphatic hydroxyl groups excluding tert-OH is 1. The second kappa shape index (κ2) is 6.03. The molecule has 0 aliphatic heterocycles. The largest absolute Gasteiger partial charge is 0.489 e. The summed E-state index contributed by atoms with van der Waals surface area (Å²) < 4.78 is 5.68. The van der Waals surface area contributed by atoms with Crippen molar-refractivity contribution < 1.29 is 9.84 Å². The molecule has 0 saturated carbocycles. The minimum Gasteiger partial charge on any atom is -0.489 e. The lowest BCUT2D eigenvalue weighted by molar-refractivity contribution is 0.223. The number of rotatable bonds is 5. The maximum Gasteiger partial charge on any atom is 0.119 e. The Bertz CT molecular complexity index is 506. The van der Waals surface area contributed by atoms with E-state index in [1.807, 2.05) is 54.6 Å². The van der Waals surface area contributed by atoms with Gasteiger partial charge in [0.1, 0.15) is 12.4 Å². The summed E-state index contributed by atoms with van der Waals surface area (Å²) in [4.78, 5) is 0. The number of ether oxygens (including phenoxy) is 1. The molecule has 0 amide bonds. The van der Waals surface area contributed by atoms with E-state index in [2.05, 4.69) is 6.58 Å². The van der Waals surface area contributed by atoms with Crippen molar-refractivity contribution in [2.75, 3.05) is 0 Å². The zero-order chi connectivity index (χ0) is 12.8. The molecule has 1 N–H and O–H groups in total. The summed E-state index contributed by atoms with van der Waals surface area (Å²) in [5.41, 5.74) is 1.80. The first-order valence-electron chi connectivity index (χ1n) is 5.87. The summed E-state index contributed by atoms with van der Waals surface area (Å²) in [5.74, 6) is 0.820. The molecule has 1 atom stereocenters. The van der Waals surface area contributed by atoms with Gasteiger partial charge in [0.2, 0.25) is 0 Å². The summed E-state index contributed by atoms with van der Waals surface area (Å²) in [5, 5.41) is 9.83. The highest BCUT2D eigenvalue weighted by molar-refractivity contribution is 5.31. The van der Waals surface area contributed by atoms with Crippen LogP contribution in [0, 0.1) is 0 Å². The summed E-state index contributed by atoms with van der Waals surface area (Å²) in [6, 6.07) is 17.3. The molecule has 2 nitrogen and oxygen atoms in total. The lowest BCUT2D eigenvalue weighted by atomic mass is 10.0. The van der Waals surface area contributed by atoms with Crippen LogP contribution in [0.25, 0.3) is 0 Å². The second-order valence-electron chi connectivity index (χ2n) is 3.98. The molecule has 0 aliphatic carbocycles. The normalized spacial score (nSPS) is 11.8. The van der Waals surface area contributed by atoms with Crippen molar-refractivity contribution in [2.24, 2.45) is 0 Å². The van der Waals surface area contributed by atoms with E-state index in [0.29, 0.717) is 6.61 Å². The molecule has 0 radical (unpaired) electrons. The Kier molecular flexibility index (Phi) is 4.15. The summed E-state index contributed by atoms with van der Waals surface area (Å²) >= 11 is 0. The molecule has 0 fully saturated rings. The molecule has 0 aromatic heterocycles. The molecule has 2 rings (SSSR count). The SMILES string of the molecule is C=CC(O)c1ccccc1COc1ccccc1. The molecule has 0 aliphatic rings. The first-order valence-corrected chi connectivity index (χ1v) is 5.87. The topological polar surface area (TPSA) is 29.5 Å². The molecular weight excluding hydrogens is 224 g/mol. The van der Waals surface area contributed by atoms with Crippen molar-refractivity contribution >= 4 is 0 Å². The highest BCUT2D eigenvalue weighted by Gasteiger charge is 2.08. The molecule has 18 heavy (non-hydrogen) atoms. The van der Waals surface area contributed by atoms with E-state index in [1.54, 1.807) is 0 Å². The Morgan fingerprint density at radius 2 is 1.72 bits per heavy atom. The van der Waals surface area contributed by atoms with Gasteiger partial charge in [0.25, 0.3) is 0 Å². The van der Waals surface area contributed by atoms with Gasteiger partial charge in [-0.2, -0.15) is 0 Å². The van der Waals surface area contributed by atoms with Gasteiger partial charge in [0.05, 0.1) is 6.10 Å².